The number of rotatable bonds is 2. The van der Waals surface area contributed by atoms with Crippen molar-refractivity contribution < 1.29 is 19.4 Å². The third kappa shape index (κ3) is 2.68. The fourth-order valence-corrected chi connectivity index (χ4v) is 5.25. The van der Waals surface area contributed by atoms with E-state index in [1.54, 1.807) is 41.8 Å². The van der Waals surface area contributed by atoms with Crippen LogP contribution in [0.2, 0.25) is 0 Å². The van der Waals surface area contributed by atoms with Crippen molar-refractivity contribution in [3.63, 3.8) is 0 Å². The average molecular weight is 422 g/mol. The first-order chi connectivity index (χ1) is 14.4. The average Bonchev–Trinajstić information content (AvgIpc) is 3.02. The summed E-state index contributed by atoms with van der Waals surface area (Å²) in [4.78, 5) is 31.3. The summed E-state index contributed by atoms with van der Waals surface area (Å²) in [5, 5.41) is 9.49. The molecule has 0 saturated carbocycles. The number of thiazole rings is 1. The molecule has 3 aromatic rings. The van der Waals surface area contributed by atoms with Crippen LogP contribution in [0.25, 0.3) is 6.08 Å². The lowest BCUT2D eigenvalue weighted by Gasteiger charge is -2.44. The number of aromatic hydroxyl groups is 1. The minimum absolute atomic E-state index is 0.153. The normalized spacial score (nSPS) is 24.3. The maximum absolute atomic E-state index is 13.4. The van der Waals surface area contributed by atoms with Crippen LogP contribution in [0.1, 0.15) is 24.1 Å². The Hall–Kier alpha value is -3.39. The number of methoxy groups -OCH3 is 1. The van der Waals surface area contributed by atoms with E-state index < -0.39 is 23.7 Å². The Kier molecular flexibility index (Phi) is 4.08. The molecule has 0 saturated heterocycles. The number of carbonyl (C=O) groups excluding carboxylic acids is 1. The van der Waals surface area contributed by atoms with Gasteiger partial charge in [0.25, 0.3) is 5.56 Å². The summed E-state index contributed by atoms with van der Waals surface area (Å²) in [5.41, 5.74) is 0.112. The van der Waals surface area contributed by atoms with E-state index in [0.29, 0.717) is 15.1 Å². The molecule has 0 amide bonds. The second-order valence-corrected chi connectivity index (χ2v) is 8.42. The van der Waals surface area contributed by atoms with Crippen molar-refractivity contribution in [1.29, 1.82) is 0 Å². The maximum Gasteiger partial charge on any atom is 0.317 e. The van der Waals surface area contributed by atoms with E-state index in [2.05, 4.69) is 4.99 Å². The Labute approximate surface area is 175 Å². The third-order valence-corrected chi connectivity index (χ3v) is 6.51. The van der Waals surface area contributed by atoms with Crippen molar-refractivity contribution in [3.8, 4) is 11.5 Å². The van der Waals surface area contributed by atoms with E-state index in [-0.39, 0.29) is 11.3 Å². The van der Waals surface area contributed by atoms with Crippen LogP contribution in [0.15, 0.2) is 58.3 Å². The standard InChI is InChI=1S/C22H18N2O5S/c1-22-17(20(27)28-2)18(14-5-3-4-6-15(14)29-22)24-19(26)16(30-21(24)23-22)11-12-7-9-13(25)10-8-12/h3-11,17-18,25H,1-2H3/b16-11-/t17-,18-,22+/m0/s1. The predicted octanol–water partition coefficient (Wildman–Crippen LogP) is 1.56. The van der Waals surface area contributed by atoms with Crippen molar-refractivity contribution in [2.24, 2.45) is 10.9 Å². The molecule has 2 aliphatic rings. The lowest BCUT2D eigenvalue weighted by molar-refractivity contribution is -0.158. The summed E-state index contributed by atoms with van der Waals surface area (Å²) in [5.74, 6) is -0.519. The van der Waals surface area contributed by atoms with Gasteiger partial charge in [-0.05, 0) is 36.8 Å². The first-order valence-corrected chi connectivity index (χ1v) is 10.2. The summed E-state index contributed by atoms with van der Waals surface area (Å²) >= 11 is 1.25. The highest BCUT2D eigenvalue weighted by atomic mass is 32.1. The highest BCUT2D eigenvalue weighted by Crippen LogP contribution is 2.47. The van der Waals surface area contributed by atoms with Gasteiger partial charge in [-0.15, -0.1) is 0 Å². The van der Waals surface area contributed by atoms with Gasteiger partial charge < -0.3 is 14.6 Å². The Morgan fingerprint density at radius 2 is 2.00 bits per heavy atom. The molecule has 0 unspecified atom stereocenters. The van der Waals surface area contributed by atoms with Crippen LogP contribution < -0.4 is 19.6 Å². The molecule has 30 heavy (non-hydrogen) atoms. The molecule has 152 valence electrons. The largest absolute Gasteiger partial charge is 0.508 e. The Morgan fingerprint density at radius 3 is 2.73 bits per heavy atom. The SMILES string of the molecule is COC(=O)[C@@H]1[C@@H]2c3ccccc3O[C@@]1(C)N=c1s/c(=C\c3ccc(O)cc3)c(=O)n12. The number of aromatic nitrogens is 1. The highest BCUT2D eigenvalue weighted by molar-refractivity contribution is 7.07. The molecule has 8 heteroatoms. The van der Waals surface area contributed by atoms with Gasteiger partial charge >= 0.3 is 5.97 Å². The van der Waals surface area contributed by atoms with Crippen LogP contribution in [0, 0.1) is 5.92 Å². The quantitative estimate of drug-likeness (QED) is 0.633. The zero-order valence-electron chi connectivity index (χ0n) is 16.2. The van der Waals surface area contributed by atoms with Gasteiger partial charge in [-0.1, -0.05) is 41.7 Å². The van der Waals surface area contributed by atoms with Crippen LogP contribution in [-0.2, 0) is 9.53 Å². The molecule has 3 atom stereocenters. The van der Waals surface area contributed by atoms with Crippen molar-refractivity contribution in [3.05, 3.63) is 79.3 Å². The summed E-state index contributed by atoms with van der Waals surface area (Å²) in [6.45, 7) is 1.74. The molecule has 2 bridgehead atoms. The van der Waals surface area contributed by atoms with Crippen molar-refractivity contribution in [1.82, 2.24) is 4.57 Å². The number of hydrogen-bond acceptors (Lipinski definition) is 7. The topological polar surface area (TPSA) is 90.1 Å². The Morgan fingerprint density at radius 1 is 1.27 bits per heavy atom. The zero-order chi connectivity index (χ0) is 21.0. The van der Waals surface area contributed by atoms with E-state index in [1.165, 1.54) is 18.4 Å². The number of fused-ring (bicyclic) bond motifs is 6. The predicted molar refractivity (Wildman–Crippen MR) is 110 cm³/mol. The maximum atomic E-state index is 13.4. The van der Waals surface area contributed by atoms with E-state index >= 15 is 0 Å². The molecule has 1 aromatic heterocycles. The number of para-hydroxylation sites is 1. The lowest BCUT2D eigenvalue weighted by atomic mass is 9.81. The van der Waals surface area contributed by atoms with Crippen molar-refractivity contribution >= 4 is 23.4 Å². The number of esters is 1. The second-order valence-electron chi connectivity index (χ2n) is 7.41. The van der Waals surface area contributed by atoms with Crippen LogP contribution in [0.4, 0.5) is 0 Å². The molecular formula is C22H18N2O5S. The fraction of sp³-hybridized carbons (Fsp3) is 0.227. The molecule has 7 nitrogen and oxygen atoms in total. The van der Waals surface area contributed by atoms with Gasteiger partial charge in [0.2, 0.25) is 5.72 Å². The minimum atomic E-state index is -1.18. The molecule has 0 radical (unpaired) electrons. The number of hydrogen-bond donors (Lipinski definition) is 1. The van der Waals surface area contributed by atoms with E-state index in [4.69, 9.17) is 9.47 Å². The molecule has 1 N–H and O–H groups in total. The van der Waals surface area contributed by atoms with E-state index in [1.807, 2.05) is 24.3 Å². The molecule has 0 spiro atoms. The summed E-state index contributed by atoms with van der Waals surface area (Å²) in [7, 11) is 1.32. The fourth-order valence-electron chi connectivity index (χ4n) is 4.15. The molecule has 5 rings (SSSR count). The smallest absolute Gasteiger partial charge is 0.317 e. The third-order valence-electron chi connectivity index (χ3n) is 5.53. The van der Waals surface area contributed by atoms with Gasteiger partial charge in [0.05, 0.1) is 17.7 Å². The first-order valence-electron chi connectivity index (χ1n) is 9.39. The lowest BCUT2D eigenvalue weighted by Crippen LogP contribution is -2.58. The number of phenols is 1. The number of carbonyl (C=O) groups is 1. The zero-order valence-corrected chi connectivity index (χ0v) is 17.1. The number of benzene rings is 2. The van der Waals surface area contributed by atoms with E-state index in [0.717, 1.165) is 11.1 Å². The van der Waals surface area contributed by atoms with Crippen LogP contribution in [0.3, 0.4) is 0 Å². The number of ether oxygens (including phenoxy) is 2. The van der Waals surface area contributed by atoms with Crippen LogP contribution in [-0.4, -0.2) is 28.5 Å². The second kappa shape index (κ2) is 6.56. The summed E-state index contributed by atoms with van der Waals surface area (Å²) in [6.07, 6.45) is 1.75. The summed E-state index contributed by atoms with van der Waals surface area (Å²) in [6, 6.07) is 13.4. The van der Waals surface area contributed by atoms with Crippen molar-refractivity contribution in [2.75, 3.05) is 7.11 Å². The van der Waals surface area contributed by atoms with Gasteiger partial charge in [-0.25, -0.2) is 4.99 Å². The van der Waals surface area contributed by atoms with Gasteiger partial charge in [0.15, 0.2) is 4.80 Å². The number of phenolic OH excluding ortho intramolecular Hbond substituents is 1. The van der Waals surface area contributed by atoms with Gasteiger partial charge in [-0.2, -0.15) is 0 Å². The van der Waals surface area contributed by atoms with Gasteiger partial charge in [-0.3, -0.25) is 14.2 Å². The highest BCUT2D eigenvalue weighted by Gasteiger charge is 2.55. The minimum Gasteiger partial charge on any atom is -0.508 e. The molecule has 0 aliphatic carbocycles. The Balaban J connectivity index is 1.79. The number of nitrogens with zero attached hydrogens (tertiary/aromatic N) is 2. The molecule has 2 aromatic carbocycles. The molecule has 2 aliphatic heterocycles. The first kappa shape index (κ1) is 18.6. The van der Waals surface area contributed by atoms with Gasteiger partial charge in [0.1, 0.15) is 17.4 Å². The van der Waals surface area contributed by atoms with Crippen molar-refractivity contribution in [2.45, 2.75) is 18.7 Å². The van der Waals surface area contributed by atoms with Crippen LogP contribution in [0.5, 0.6) is 11.5 Å². The van der Waals surface area contributed by atoms with E-state index in [9.17, 15) is 14.7 Å². The molecule has 3 heterocycles. The van der Waals surface area contributed by atoms with Crippen LogP contribution >= 0.6 is 11.3 Å². The van der Waals surface area contributed by atoms with Gasteiger partial charge in [0, 0.05) is 5.56 Å². The molecule has 0 fully saturated rings. The Bertz CT molecular complexity index is 1340. The molecular weight excluding hydrogens is 404 g/mol. The monoisotopic (exact) mass is 422 g/mol. The summed E-state index contributed by atoms with van der Waals surface area (Å²) < 4.78 is 13.3.